The number of hydrogen-bond donors (Lipinski definition) is 1. The van der Waals surface area contributed by atoms with Gasteiger partial charge in [0.1, 0.15) is 5.75 Å². The van der Waals surface area contributed by atoms with Crippen LogP contribution in [0, 0.1) is 0 Å². The van der Waals surface area contributed by atoms with E-state index in [-0.39, 0.29) is 0 Å². The van der Waals surface area contributed by atoms with Gasteiger partial charge in [0.05, 0.1) is 12.5 Å². The van der Waals surface area contributed by atoms with E-state index in [1.54, 1.807) is 11.8 Å². The Kier molecular flexibility index (Phi) is 4.53. The molecule has 0 aromatic heterocycles. The normalized spacial score (nSPS) is 17.9. The first-order chi connectivity index (χ1) is 8.72. The summed E-state index contributed by atoms with van der Waals surface area (Å²) in [4.78, 5) is 12.3. The predicted molar refractivity (Wildman–Crippen MR) is 72.6 cm³/mol. The van der Waals surface area contributed by atoms with Gasteiger partial charge < -0.3 is 9.84 Å². The van der Waals surface area contributed by atoms with Crippen molar-refractivity contribution in [2.75, 3.05) is 12.4 Å². The van der Waals surface area contributed by atoms with E-state index in [1.807, 2.05) is 18.2 Å². The van der Waals surface area contributed by atoms with Crippen LogP contribution in [-0.2, 0) is 4.79 Å². The SMILES string of the molecule is CCCCSc1ccc2c(c1)OCCC2C(=O)O. The molecule has 1 aliphatic heterocycles. The first-order valence-corrected chi connectivity index (χ1v) is 7.33. The molecule has 0 spiro atoms. The average molecular weight is 266 g/mol. The standard InChI is InChI=1S/C14H18O3S/c1-2-3-8-18-10-4-5-11-12(14(15)16)6-7-17-13(11)9-10/h4-5,9,12H,2-3,6-8H2,1H3,(H,15,16). The van der Waals surface area contributed by atoms with Gasteiger partial charge in [-0.3, -0.25) is 4.79 Å². The Hall–Kier alpha value is -1.16. The molecule has 1 heterocycles. The molecule has 4 heteroatoms. The maximum Gasteiger partial charge on any atom is 0.311 e. The number of thioether (sulfide) groups is 1. The van der Waals surface area contributed by atoms with Crippen LogP contribution in [-0.4, -0.2) is 23.4 Å². The molecule has 0 saturated heterocycles. The molecule has 3 nitrogen and oxygen atoms in total. The van der Waals surface area contributed by atoms with Crippen molar-refractivity contribution in [1.82, 2.24) is 0 Å². The second kappa shape index (κ2) is 6.14. The van der Waals surface area contributed by atoms with Crippen molar-refractivity contribution in [3.05, 3.63) is 23.8 Å². The predicted octanol–water partition coefficient (Wildman–Crippen LogP) is 3.53. The minimum Gasteiger partial charge on any atom is -0.493 e. The Morgan fingerprint density at radius 1 is 1.56 bits per heavy atom. The van der Waals surface area contributed by atoms with Crippen molar-refractivity contribution in [1.29, 1.82) is 0 Å². The minimum absolute atomic E-state index is 0.413. The molecule has 0 amide bonds. The molecule has 98 valence electrons. The van der Waals surface area contributed by atoms with Gasteiger partial charge >= 0.3 is 5.97 Å². The number of benzene rings is 1. The third-order valence-electron chi connectivity index (χ3n) is 3.09. The summed E-state index contributed by atoms with van der Waals surface area (Å²) in [6.45, 7) is 2.67. The van der Waals surface area contributed by atoms with Crippen molar-refractivity contribution in [3.8, 4) is 5.75 Å². The summed E-state index contributed by atoms with van der Waals surface area (Å²) in [7, 11) is 0. The van der Waals surface area contributed by atoms with E-state index in [1.165, 1.54) is 12.8 Å². The third kappa shape index (κ3) is 2.99. The third-order valence-corrected chi connectivity index (χ3v) is 4.17. The van der Waals surface area contributed by atoms with Crippen LogP contribution in [0.25, 0.3) is 0 Å². The summed E-state index contributed by atoms with van der Waals surface area (Å²) in [5, 5.41) is 9.17. The van der Waals surface area contributed by atoms with Gasteiger partial charge in [0.25, 0.3) is 0 Å². The smallest absolute Gasteiger partial charge is 0.311 e. The first kappa shape index (κ1) is 13.3. The number of carboxylic acids is 1. The number of ether oxygens (including phenoxy) is 1. The molecule has 1 unspecified atom stereocenters. The Morgan fingerprint density at radius 2 is 2.39 bits per heavy atom. The molecular weight excluding hydrogens is 248 g/mol. The molecule has 0 fully saturated rings. The van der Waals surface area contributed by atoms with Crippen LogP contribution in [0.4, 0.5) is 0 Å². The number of carboxylic acid groups (broad SMARTS) is 1. The van der Waals surface area contributed by atoms with Crippen LogP contribution < -0.4 is 4.74 Å². The van der Waals surface area contributed by atoms with E-state index in [4.69, 9.17) is 9.84 Å². The monoisotopic (exact) mass is 266 g/mol. The topological polar surface area (TPSA) is 46.5 Å². The molecule has 1 atom stereocenters. The molecule has 1 aromatic carbocycles. The Morgan fingerprint density at radius 3 is 3.11 bits per heavy atom. The zero-order chi connectivity index (χ0) is 13.0. The Balaban J connectivity index is 2.14. The number of fused-ring (bicyclic) bond motifs is 1. The molecule has 0 saturated carbocycles. The number of carbonyl (C=O) groups is 1. The summed E-state index contributed by atoms with van der Waals surface area (Å²) in [6.07, 6.45) is 2.94. The maximum absolute atomic E-state index is 11.2. The summed E-state index contributed by atoms with van der Waals surface area (Å²) < 4.78 is 5.57. The molecule has 0 bridgehead atoms. The van der Waals surface area contributed by atoms with Gasteiger partial charge in [-0.25, -0.2) is 0 Å². The van der Waals surface area contributed by atoms with Crippen LogP contribution in [0.5, 0.6) is 5.75 Å². The number of hydrogen-bond acceptors (Lipinski definition) is 3. The van der Waals surface area contributed by atoms with Gasteiger partial charge in [0.15, 0.2) is 0 Å². The largest absolute Gasteiger partial charge is 0.493 e. The highest BCUT2D eigenvalue weighted by Gasteiger charge is 2.27. The van der Waals surface area contributed by atoms with Crippen LogP contribution in [0.15, 0.2) is 23.1 Å². The molecule has 1 aromatic rings. The van der Waals surface area contributed by atoms with E-state index in [0.29, 0.717) is 13.0 Å². The lowest BCUT2D eigenvalue weighted by atomic mass is 9.93. The average Bonchev–Trinajstić information content (AvgIpc) is 2.38. The fourth-order valence-electron chi connectivity index (χ4n) is 2.05. The van der Waals surface area contributed by atoms with Crippen LogP contribution in [0.1, 0.15) is 37.7 Å². The van der Waals surface area contributed by atoms with Crippen molar-refractivity contribution < 1.29 is 14.6 Å². The first-order valence-electron chi connectivity index (χ1n) is 6.34. The molecule has 1 N–H and O–H groups in total. The van der Waals surface area contributed by atoms with Crippen molar-refractivity contribution >= 4 is 17.7 Å². The molecule has 1 aliphatic rings. The zero-order valence-electron chi connectivity index (χ0n) is 10.5. The van der Waals surface area contributed by atoms with E-state index in [2.05, 4.69) is 6.92 Å². The fourth-order valence-corrected chi connectivity index (χ4v) is 3.07. The lowest BCUT2D eigenvalue weighted by Gasteiger charge is -2.23. The van der Waals surface area contributed by atoms with Gasteiger partial charge in [-0.15, -0.1) is 11.8 Å². The van der Waals surface area contributed by atoms with Crippen molar-refractivity contribution in [3.63, 3.8) is 0 Å². The quantitative estimate of drug-likeness (QED) is 0.654. The second-order valence-corrected chi connectivity index (χ2v) is 5.60. The fraction of sp³-hybridized carbons (Fsp3) is 0.500. The van der Waals surface area contributed by atoms with Gasteiger partial charge in [-0.1, -0.05) is 19.4 Å². The Labute approximate surface area is 112 Å². The maximum atomic E-state index is 11.2. The number of rotatable bonds is 5. The Bertz CT molecular complexity index is 431. The van der Waals surface area contributed by atoms with Crippen molar-refractivity contribution in [2.24, 2.45) is 0 Å². The number of aliphatic carboxylic acids is 1. The highest BCUT2D eigenvalue weighted by Crippen LogP contribution is 2.36. The number of unbranched alkanes of at least 4 members (excludes halogenated alkanes) is 1. The van der Waals surface area contributed by atoms with Gasteiger partial charge in [-0.05, 0) is 30.7 Å². The van der Waals surface area contributed by atoms with Crippen LogP contribution >= 0.6 is 11.8 Å². The van der Waals surface area contributed by atoms with E-state index in [0.717, 1.165) is 22.0 Å². The minimum atomic E-state index is -0.758. The van der Waals surface area contributed by atoms with Crippen molar-refractivity contribution in [2.45, 2.75) is 37.0 Å². The van der Waals surface area contributed by atoms with Gasteiger partial charge in [0.2, 0.25) is 0 Å². The highest BCUT2D eigenvalue weighted by molar-refractivity contribution is 7.99. The highest BCUT2D eigenvalue weighted by atomic mass is 32.2. The molecule has 0 radical (unpaired) electrons. The van der Waals surface area contributed by atoms with Gasteiger partial charge in [-0.2, -0.15) is 0 Å². The summed E-state index contributed by atoms with van der Waals surface area (Å²) in [5.41, 5.74) is 0.814. The van der Waals surface area contributed by atoms with Gasteiger partial charge in [0, 0.05) is 10.5 Å². The summed E-state index contributed by atoms with van der Waals surface area (Å²) in [5.74, 6) is 0.669. The second-order valence-electron chi connectivity index (χ2n) is 4.43. The zero-order valence-corrected chi connectivity index (χ0v) is 11.3. The van der Waals surface area contributed by atoms with E-state index in [9.17, 15) is 4.79 Å². The molecule has 0 aliphatic carbocycles. The van der Waals surface area contributed by atoms with E-state index >= 15 is 0 Å². The summed E-state index contributed by atoms with van der Waals surface area (Å²) in [6, 6.07) is 5.89. The molecular formula is C14H18O3S. The van der Waals surface area contributed by atoms with Crippen LogP contribution in [0.2, 0.25) is 0 Å². The molecule has 18 heavy (non-hydrogen) atoms. The summed E-state index contributed by atoms with van der Waals surface area (Å²) >= 11 is 1.80. The lowest BCUT2D eigenvalue weighted by Crippen LogP contribution is -2.20. The lowest BCUT2D eigenvalue weighted by molar-refractivity contribution is -0.139. The molecule has 2 rings (SSSR count). The van der Waals surface area contributed by atoms with E-state index < -0.39 is 11.9 Å². The van der Waals surface area contributed by atoms with Crippen LogP contribution in [0.3, 0.4) is 0 Å².